The van der Waals surface area contributed by atoms with Crippen molar-refractivity contribution in [2.75, 3.05) is 20.6 Å². The van der Waals surface area contributed by atoms with Gasteiger partial charge in [-0.2, -0.15) is 0 Å². The lowest BCUT2D eigenvalue weighted by molar-refractivity contribution is 0.0827. The van der Waals surface area contributed by atoms with Crippen molar-refractivity contribution in [2.45, 2.75) is 45.6 Å². The number of rotatable bonds is 5. The Morgan fingerprint density at radius 1 is 1.21 bits per heavy atom. The van der Waals surface area contributed by atoms with Crippen LogP contribution in [-0.4, -0.2) is 36.3 Å². The van der Waals surface area contributed by atoms with Crippen molar-refractivity contribution in [3.05, 3.63) is 75.8 Å². The molecular formula is C25H31ClN2O. The quantitative estimate of drug-likeness (QED) is 0.578. The number of carbonyl (C=O) groups is 1. The van der Waals surface area contributed by atoms with E-state index in [-0.39, 0.29) is 11.9 Å². The SMILES string of the molecule is C=C(c1cc(Cl)ccc1C(C)C)N1CCCC1c1ccc(C(=O)N(C)C)cc1C. The van der Waals surface area contributed by atoms with E-state index in [4.69, 9.17) is 11.6 Å². The maximum Gasteiger partial charge on any atom is 0.253 e. The molecule has 1 saturated heterocycles. The summed E-state index contributed by atoms with van der Waals surface area (Å²) in [4.78, 5) is 16.3. The van der Waals surface area contributed by atoms with Gasteiger partial charge in [0, 0.05) is 42.5 Å². The first-order valence-electron chi connectivity index (χ1n) is 10.3. The minimum Gasteiger partial charge on any atom is -0.364 e. The van der Waals surface area contributed by atoms with Crippen molar-refractivity contribution < 1.29 is 4.79 Å². The molecule has 1 aliphatic heterocycles. The largest absolute Gasteiger partial charge is 0.364 e. The molecule has 0 radical (unpaired) electrons. The highest BCUT2D eigenvalue weighted by atomic mass is 35.5. The summed E-state index contributed by atoms with van der Waals surface area (Å²) in [7, 11) is 3.57. The van der Waals surface area contributed by atoms with Gasteiger partial charge in [-0.1, -0.05) is 44.2 Å². The van der Waals surface area contributed by atoms with E-state index in [0.717, 1.165) is 46.8 Å². The smallest absolute Gasteiger partial charge is 0.253 e. The van der Waals surface area contributed by atoms with Crippen LogP contribution in [-0.2, 0) is 0 Å². The van der Waals surface area contributed by atoms with Crippen LogP contribution in [0.2, 0.25) is 5.02 Å². The molecule has 29 heavy (non-hydrogen) atoms. The third kappa shape index (κ3) is 4.35. The molecule has 1 fully saturated rings. The Hall–Kier alpha value is -2.26. The predicted octanol–water partition coefficient (Wildman–Crippen LogP) is 6.28. The molecule has 1 unspecified atom stereocenters. The molecule has 4 heteroatoms. The van der Waals surface area contributed by atoms with Crippen molar-refractivity contribution >= 4 is 23.2 Å². The van der Waals surface area contributed by atoms with Crippen LogP contribution in [0.1, 0.15) is 71.3 Å². The van der Waals surface area contributed by atoms with E-state index < -0.39 is 0 Å². The van der Waals surface area contributed by atoms with Crippen molar-refractivity contribution in [1.82, 2.24) is 9.80 Å². The second-order valence-corrected chi connectivity index (χ2v) is 8.89. The number of benzene rings is 2. The molecule has 0 aliphatic carbocycles. The fraction of sp³-hybridized carbons (Fsp3) is 0.400. The minimum atomic E-state index is 0.0350. The molecule has 1 heterocycles. The van der Waals surface area contributed by atoms with Crippen LogP contribution in [0.5, 0.6) is 0 Å². The Morgan fingerprint density at radius 2 is 1.93 bits per heavy atom. The summed E-state index contributed by atoms with van der Waals surface area (Å²) in [5.74, 6) is 0.436. The lowest BCUT2D eigenvalue weighted by atomic mass is 9.93. The van der Waals surface area contributed by atoms with Gasteiger partial charge in [-0.3, -0.25) is 4.79 Å². The Kier molecular flexibility index (Phi) is 6.38. The van der Waals surface area contributed by atoms with Gasteiger partial charge in [-0.15, -0.1) is 0 Å². The zero-order chi connectivity index (χ0) is 21.3. The first-order valence-corrected chi connectivity index (χ1v) is 10.7. The second-order valence-electron chi connectivity index (χ2n) is 8.46. The third-order valence-corrected chi connectivity index (χ3v) is 6.06. The summed E-state index contributed by atoms with van der Waals surface area (Å²) in [6.45, 7) is 11.9. The van der Waals surface area contributed by atoms with Gasteiger partial charge >= 0.3 is 0 Å². The van der Waals surface area contributed by atoms with Crippen molar-refractivity contribution in [3.8, 4) is 0 Å². The maximum absolute atomic E-state index is 12.3. The molecule has 2 aromatic carbocycles. The molecule has 2 aromatic rings. The van der Waals surface area contributed by atoms with E-state index in [0.29, 0.717) is 5.92 Å². The Morgan fingerprint density at radius 3 is 2.55 bits per heavy atom. The number of aryl methyl sites for hydroxylation is 1. The number of likely N-dealkylation sites (tertiary alicyclic amines) is 1. The molecule has 0 aromatic heterocycles. The molecule has 3 nitrogen and oxygen atoms in total. The topological polar surface area (TPSA) is 23.6 Å². The summed E-state index contributed by atoms with van der Waals surface area (Å²) in [6, 6.07) is 12.5. The van der Waals surface area contributed by atoms with Gasteiger partial charge in [0.1, 0.15) is 0 Å². The minimum absolute atomic E-state index is 0.0350. The van der Waals surface area contributed by atoms with Crippen LogP contribution < -0.4 is 0 Å². The average molecular weight is 411 g/mol. The summed E-state index contributed by atoms with van der Waals surface area (Å²) in [5, 5.41) is 0.740. The van der Waals surface area contributed by atoms with Gasteiger partial charge in [-0.05, 0) is 66.6 Å². The normalized spacial score (nSPS) is 16.4. The lowest BCUT2D eigenvalue weighted by Crippen LogP contribution is -2.24. The summed E-state index contributed by atoms with van der Waals surface area (Å²) < 4.78 is 0. The zero-order valence-electron chi connectivity index (χ0n) is 18.1. The van der Waals surface area contributed by atoms with E-state index >= 15 is 0 Å². The van der Waals surface area contributed by atoms with E-state index in [2.05, 4.69) is 44.4 Å². The van der Waals surface area contributed by atoms with Crippen molar-refractivity contribution in [3.63, 3.8) is 0 Å². The molecule has 1 atom stereocenters. The molecule has 1 amide bonds. The van der Waals surface area contributed by atoms with Crippen LogP contribution in [0.25, 0.3) is 5.70 Å². The highest BCUT2D eigenvalue weighted by Gasteiger charge is 2.30. The molecule has 3 rings (SSSR count). The van der Waals surface area contributed by atoms with Crippen LogP contribution >= 0.6 is 11.6 Å². The average Bonchev–Trinajstić information content (AvgIpc) is 3.15. The Bertz CT molecular complexity index is 932. The summed E-state index contributed by atoms with van der Waals surface area (Å²) in [5.41, 5.74) is 6.60. The molecule has 0 N–H and O–H groups in total. The summed E-state index contributed by atoms with van der Waals surface area (Å²) in [6.07, 6.45) is 2.21. The van der Waals surface area contributed by atoms with Crippen LogP contribution in [0.15, 0.2) is 43.0 Å². The number of amides is 1. The second kappa shape index (κ2) is 8.62. The first kappa shape index (κ1) is 21.4. The van der Waals surface area contributed by atoms with Gasteiger partial charge in [0.2, 0.25) is 0 Å². The molecule has 0 saturated carbocycles. The number of hydrogen-bond donors (Lipinski definition) is 0. The maximum atomic E-state index is 12.3. The zero-order valence-corrected chi connectivity index (χ0v) is 18.9. The van der Waals surface area contributed by atoms with E-state index in [1.807, 2.05) is 24.3 Å². The number of hydrogen-bond acceptors (Lipinski definition) is 2. The van der Waals surface area contributed by atoms with Crippen LogP contribution in [0.4, 0.5) is 0 Å². The van der Waals surface area contributed by atoms with E-state index in [1.54, 1.807) is 19.0 Å². The first-order chi connectivity index (χ1) is 13.7. The standard InChI is InChI=1S/C25H31ClN2O/c1-16(2)21-12-10-20(26)15-23(21)18(4)28-13-7-8-24(28)22-11-9-19(14-17(22)3)25(29)27(5)6/h9-12,14-16,24H,4,7-8,13H2,1-3,5-6H3. The molecular weight excluding hydrogens is 380 g/mol. The fourth-order valence-electron chi connectivity index (χ4n) is 4.29. The Balaban J connectivity index is 1.94. The van der Waals surface area contributed by atoms with Gasteiger partial charge < -0.3 is 9.80 Å². The van der Waals surface area contributed by atoms with Gasteiger partial charge in [0.05, 0.1) is 6.04 Å². The van der Waals surface area contributed by atoms with Gasteiger partial charge in [-0.25, -0.2) is 0 Å². The predicted molar refractivity (Wildman–Crippen MR) is 122 cm³/mol. The third-order valence-electron chi connectivity index (χ3n) is 5.83. The monoisotopic (exact) mass is 410 g/mol. The number of halogens is 1. The molecule has 0 spiro atoms. The fourth-order valence-corrected chi connectivity index (χ4v) is 4.46. The molecule has 154 valence electrons. The number of nitrogens with zero attached hydrogens (tertiary/aromatic N) is 2. The van der Waals surface area contributed by atoms with Crippen LogP contribution in [0, 0.1) is 6.92 Å². The highest BCUT2D eigenvalue weighted by molar-refractivity contribution is 6.30. The van der Waals surface area contributed by atoms with E-state index in [1.165, 1.54) is 11.1 Å². The van der Waals surface area contributed by atoms with Gasteiger partial charge in [0.15, 0.2) is 0 Å². The Labute approximate surface area is 180 Å². The highest BCUT2D eigenvalue weighted by Crippen LogP contribution is 2.41. The summed E-state index contributed by atoms with van der Waals surface area (Å²) >= 11 is 6.33. The number of carbonyl (C=O) groups excluding carboxylic acids is 1. The lowest BCUT2D eigenvalue weighted by Gasteiger charge is -2.31. The molecule has 0 bridgehead atoms. The van der Waals surface area contributed by atoms with E-state index in [9.17, 15) is 4.79 Å². The van der Waals surface area contributed by atoms with Crippen molar-refractivity contribution in [2.24, 2.45) is 0 Å². The molecule has 1 aliphatic rings. The van der Waals surface area contributed by atoms with Crippen LogP contribution in [0.3, 0.4) is 0 Å². The van der Waals surface area contributed by atoms with Crippen molar-refractivity contribution in [1.29, 1.82) is 0 Å². The van der Waals surface area contributed by atoms with Gasteiger partial charge in [0.25, 0.3) is 5.91 Å².